The maximum Gasteiger partial charge on any atom is 0.266 e. The Hall–Kier alpha value is -2.40. The molecule has 26 heavy (non-hydrogen) atoms. The van der Waals surface area contributed by atoms with Crippen LogP contribution >= 0.6 is 0 Å². The molecule has 1 fully saturated rings. The first kappa shape index (κ1) is 17.0. The number of hydrogen-bond donors (Lipinski definition) is 2. The largest absolute Gasteiger partial charge is 0.353 e. The summed E-state index contributed by atoms with van der Waals surface area (Å²) in [4.78, 5) is 15.2. The van der Waals surface area contributed by atoms with E-state index in [4.69, 9.17) is 0 Å². The van der Waals surface area contributed by atoms with Gasteiger partial charge in [0.2, 0.25) is 0 Å². The first-order valence-electron chi connectivity index (χ1n) is 9.45. The molecule has 5 nitrogen and oxygen atoms in total. The van der Waals surface area contributed by atoms with Crippen molar-refractivity contribution in [3.8, 4) is 11.4 Å². The second kappa shape index (κ2) is 6.72. The Morgan fingerprint density at radius 2 is 1.92 bits per heavy atom. The summed E-state index contributed by atoms with van der Waals surface area (Å²) in [6.45, 7) is 6.62. The lowest BCUT2D eigenvalue weighted by molar-refractivity contribution is 0.460. The Balaban J connectivity index is 1.86. The predicted octanol–water partition coefficient (Wildman–Crippen LogP) is 3.52. The Morgan fingerprint density at radius 1 is 1.15 bits per heavy atom. The number of nitrogens with zero attached hydrogens (tertiary/aromatic N) is 2. The lowest BCUT2D eigenvalue weighted by atomic mass is 9.88. The van der Waals surface area contributed by atoms with Crippen LogP contribution in [0.15, 0.2) is 35.1 Å². The maximum absolute atomic E-state index is 11.7. The lowest BCUT2D eigenvalue weighted by Crippen LogP contribution is -2.26. The highest BCUT2D eigenvalue weighted by Crippen LogP contribution is 2.37. The van der Waals surface area contributed by atoms with Crippen molar-refractivity contribution in [2.45, 2.75) is 38.5 Å². The molecule has 3 aromatic rings. The monoisotopic (exact) mass is 350 g/mol. The Morgan fingerprint density at radius 3 is 2.62 bits per heavy atom. The van der Waals surface area contributed by atoms with Gasteiger partial charge < -0.3 is 10.3 Å². The van der Waals surface area contributed by atoms with Crippen LogP contribution in [0.25, 0.3) is 22.3 Å². The van der Waals surface area contributed by atoms with Gasteiger partial charge in [-0.2, -0.15) is 5.10 Å². The predicted molar refractivity (Wildman–Crippen MR) is 106 cm³/mol. The SMILES string of the molecule is CC(C)c1c(-c2ccc(=O)n(C)n2)[nH]c2ccc(C3CCNCC3)cc12. The molecule has 0 atom stereocenters. The van der Waals surface area contributed by atoms with Crippen LogP contribution in [0.2, 0.25) is 0 Å². The smallest absolute Gasteiger partial charge is 0.266 e. The topological polar surface area (TPSA) is 62.7 Å². The fraction of sp³-hybridized carbons (Fsp3) is 0.429. The molecule has 1 saturated heterocycles. The molecule has 5 heteroatoms. The average molecular weight is 350 g/mol. The van der Waals surface area contributed by atoms with Crippen LogP contribution in [-0.4, -0.2) is 27.9 Å². The molecular formula is C21H26N4O. The third kappa shape index (κ3) is 2.97. The fourth-order valence-electron chi connectivity index (χ4n) is 4.08. The number of rotatable bonds is 3. The number of hydrogen-bond acceptors (Lipinski definition) is 3. The molecule has 0 amide bonds. The zero-order valence-electron chi connectivity index (χ0n) is 15.7. The zero-order chi connectivity index (χ0) is 18.3. The Bertz CT molecular complexity index is 993. The van der Waals surface area contributed by atoms with E-state index in [-0.39, 0.29) is 5.56 Å². The van der Waals surface area contributed by atoms with E-state index < -0.39 is 0 Å². The first-order valence-corrected chi connectivity index (χ1v) is 9.45. The Kier molecular flexibility index (Phi) is 4.41. The number of piperidine rings is 1. The molecule has 0 aliphatic carbocycles. The molecule has 4 rings (SSSR count). The highest BCUT2D eigenvalue weighted by molar-refractivity contribution is 5.91. The van der Waals surface area contributed by atoms with Gasteiger partial charge in [0.05, 0.1) is 5.69 Å². The van der Waals surface area contributed by atoms with Crippen molar-refractivity contribution < 1.29 is 0 Å². The molecule has 136 valence electrons. The number of fused-ring (bicyclic) bond motifs is 1. The molecule has 3 heterocycles. The number of benzene rings is 1. The van der Waals surface area contributed by atoms with E-state index >= 15 is 0 Å². The molecule has 0 radical (unpaired) electrons. The molecule has 0 saturated carbocycles. The molecule has 2 aromatic heterocycles. The summed E-state index contributed by atoms with van der Waals surface area (Å²) in [5.41, 5.74) is 5.59. The van der Waals surface area contributed by atoms with Gasteiger partial charge in [0.25, 0.3) is 5.56 Å². The number of aromatic nitrogens is 3. The van der Waals surface area contributed by atoms with Gasteiger partial charge in [-0.15, -0.1) is 0 Å². The lowest BCUT2D eigenvalue weighted by Gasteiger charge is -2.23. The van der Waals surface area contributed by atoms with Crippen LogP contribution in [-0.2, 0) is 7.05 Å². The average Bonchev–Trinajstić information content (AvgIpc) is 3.03. The van der Waals surface area contributed by atoms with Crippen molar-refractivity contribution in [1.29, 1.82) is 0 Å². The van der Waals surface area contributed by atoms with Crippen LogP contribution in [0.5, 0.6) is 0 Å². The highest BCUT2D eigenvalue weighted by atomic mass is 16.1. The fourth-order valence-corrected chi connectivity index (χ4v) is 4.08. The van der Waals surface area contributed by atoms with E-state index in [1.165, 1.54) is 34.0 Å². The maximum atomic E-state index is 11.7. The number of aryl methyl sites for hydroxylation is 1. The Labute approximate surface area is 153 Å². The first-order chi connectivity index (χ1) is 12.5. The van der Waals surface area contributed by atoms with Gasteiger partial charge in [0.15, 0.2) is 0 Å². The summed E-state index contributed by atoms with van der Waals surface area (Å²) in [6, 6.07) is 10.2. The van der Waals surface area contributed by atoms with Crippen molar-refractivity contribution in [3.63, 3.8) is 0 Å². The molecule has 0 unspecified atom stereocenters. The molecule has 2 N–H and O–H groups in total. The van der Waals surface area contributed by atoms with Gasteiger partial charge >= 0.3 is 0 Å². The van der Waals surface area contributed by atoms with E-state index in [0.29, 0.717) is 11.8 Å². The third-order valence-electron chi connectivity index (χ3n) is 5.47. The van der Waals surface area contributed by atoms with Gasteiger partial charge in [0.1, 0.15) is 5.69 Å². The van der Waals surface area contributed by atoms with Gasteiger partial charge in [-0.3, -0.25) is 4.79 Å². The number of nitrogens with one attached hydrogen (secondary N) is 2. The summed E-state index contributed by atoms with van der Waals surface area (Å²) in [5, 5.41) is 9.18. The van der Waals surface area contributed by atoms with Crippen molar-refractivity contribution in [2.75, 3.05) is 13.1 Å². The second-order valence-corrected chi connectivity index (χ2v) is 7.58. The summed E-state index contributed by atoms with van der Waals surface area (Å²) in [5.74, 6) is 0.996. The van der Waals surface area contributed by atoms with Crippen LogP contribution in [0.4, 0.5) is 0 Å². The minimum absolute atomic E-state index is 0.0934. The van der Waals surface area contributed by atoms with Crippen molar-refractivity contribution >= 4 is 10.9 Å². The molecular weight excluding hydrogens is 324 g/mol. The van der Waals surface area contributed by atoms with Crippen molar-refractivity contribution in [3.05, 3.63) is 51.8 Å². The minimum atomic E-state index is -0.0934. The van der Waals surface area contributed by atoms with Crippen LogP contribution in [0.1, 0.15) is 49.7 Å². The van der Waals surface area contributed by atoms with Crippen molar-refractivity contribution in [1.82, 2.24) is 20.1 Å². The van der Waals surface area contributed by atoms with Gasteiger partial charge in [-0.1, -0.05) is 19.9 Å². The summed E-state index contributed by atoms with van der Waals surface area (Å²) >= 11 is 0. The summed E-state index contributed by atoms with van der Waals surface area (Å²) in [6.07, 6.45) is 2.39. The van der Waals surface area contributed by atoms with Gasteiger partial charge in [-0.05, 0) is 67.1 Å². The second-order valence-electron chi connectivity index (χ2n) is 7.58. The van der Waals surface area contributed by atoms with E-state index in [1.807, 2.05) is 6.07 Å². The van der Waals surface area contributed by atoms with E-state index in [1.54, 1.807) is 13.1 Å². The van der Waals surface area contributed by atoms with E-state index in [2.05, 4.69) is 47.4 Å². The number of aromatic amines is 1. The zero-order valence-corrected chi connectivity index (χ0v) is 15.7. The van der Waals surface area contributed by atoms with E-state index in [0.717, 1.165) is 30.0 Å². The van der Waals surface area contributed by atoms with Crippen LogP contribution < -0.4 is 10.9 Å². The van der Waals surface area contributed by atoms with Crippen LogP contribution in [0, 0.1) is 0 Å². The normalized spacial score (nSPS) is 15.8. The molecule has 0 bridgehead atoms. The van der Waals surface area contributed by atoms with Gasteiger partial charge in [0, 0.05) is 24.0 Å². The summed E-state index contributed by atoms with van der Waals surface area (Å²) in [7, 11) is 1.69. The highest BCUT2D eigenvalue weighted by Gasteiger charge is 2.20. The third-order valence-corrected chi connectivity index (χ3v) is 5.47. The molecule has 1 aliphatic heterocycles. The van der Waals surface area contributed by atoms with Crippen LogP contribution in [0.3, 0.4) is 0 Å². The number of H-pyrrole nitrogens is 1. The van der Waals surface area contributed by atoms with Gasteiger partial charge in [-0.25, -0.2) is 4.68 Å². The molecule has 0 spiro atoms. The van der Waals surface area contributed by atoms with E-state index in [9.17, 15) is 4.79 Å². The molecule has 1 aliphatic rings. The standard InChI is InChI=1S/C21H26N4O/c1-13(2)20-16-12-15(14-8-10-22-11-9-14)4-5-17(16)23-21(20)18-6-7-19(26)25(3)24-18/h4-7,12-14,22-23H,8-11H2,1-3H3. The summed E-state index contributed by atoms with van der Waals surface area (Å²) < 4.78 is 1.39. The quantitative estimate of drug-likeness (QED) is 0.760. The molecule has 1 aromatic carbocycles. The minimum Gasteiger partial charge on any atom is -0.353 e. The van der Waals surface area contributed by atoms with Crippen molar-refractivity contribution in [2.24, 2.45) is 7.05 Å².